The number of hydrogen-bond acceptors (Lipinski definition) is 2. The monoisotopic (exact) mass is 159 g/mol. The Morgan fingerprint density at radius 2 is 1.80 bits per heavy atom. The summed E-state index contributed by atoms with van der Waals surface area (Å²) in [6.45, 7) is 1.06. The summed E-state index contributed by atoms with van der Waals surface area (Å²) in [7, 11) is 0. The molecule has 0 aromatic carbocycles. The SMILES string of the molecule is C1CCCN[N]SCCC1. The normalized spacial score (nSPS) is 24.0. The minimum Gasteiger partial charge on any atom is -0.229 e. The van der Waals surface area contributed by atoms with Crippen LogP contribution in [0.2, 0.25) is 0 Å². The minimum atomic E-state index is 1.06. The first-order valence-electron chi connectivity index (χ1n) is 4.05. The van der Waals surface area contributed by atoms with Gasteiger partial charge in [0.15, 0.2) is 0 Å². The van der Waals surface area contributed by atoms with Crippen LogP contribution in [0.5, 0.6) is 0 Å². The maximum Gasteiger partial charge on any atom is 0.0126 e. The fourth-order valence-electron chi connectivity index (χ4n) is 1.04. The van der Waals surface area contributed by atoms with Crippen LogP contribution in [0, 0.1) is 0 Å². The first kappa shape index (κ1) is 8.37. The predicted molar refractivity (Wildman–Crippen MR) is 45.7 cm³/mol. The Labute approximate surface area is 67.3 Å². The van der Waals surface area contributed by atoms with E-state index in [-0.39, 0.29) is 0 Å². The number of hydrogen-bond donors (Lipinski definition) is 1. The Kier molecular flexibility index (Phi) is 5.03. The van der Waals surface area contributed by atoms with Crippen molar-refractivity contribution in [1.82, 2.24) is 10.3 Å². The third-order valence-electron chi connectivity index (χ3n) is 1.65. The molecule has 0 unspecified atom stereocenters. The Morgan fingerprint density at radius 3 is 2.80 bits per heavy atom. The Hall–Kier alpha value is 0.270. The van der Waals surface area contributed by atoms with Gasteiger partial charge in [0.2, 0.25) is 0 Å². The van der Waals surface area contributed by atoms with Crippen LogP contribution in [0.25, 0.3) is 0 Å². The molecule has 0 aliphatic carbocycles. The summed E-state index contributed by atoms with van der Waals surface area (Å²) in [5.41, 5.74) is 3.04. The largest absolute Gasteiger partial charge is 0.229 e. The molecule has 1 rings (SSSR count). The molecule has 0 amide bonds. The summed E-state index contributed by atoms with van der Waals surface area (Å²) in [5, 5.41) is 0. The van der Waals surface area contributed by atoms with E-state index in [1.807, 2.05) is 0 Å². The van der Waals surface area contributed by atoms with E-state index in [4.69, 9.17) is 0 Å². The molecule has 1 aliphatic rings. The van der Waals surface area contributed by atoms with E-state index in [0.29, 0.717) is 0 Å². The molecule has 3 heteroatoms. The molecule has 0 atom stereocenters. The third kappa shape index (κ3) is 4.14. The van der Waals surface area contributed by atoms with Gasteiger partial charge in [-0.3, -0.25) is 0 Å². The zero-order valence-electron chi connectivity index (χ0n) is 6.31. The minimum absolute atomic E-state index is 1.06. The molecule has 0 bridgehead atoms. The van der Waals surface area contributed by atoms with Crippen molar-refractivity contribution in [2.24, 2.45) is 0 Å². The van der Waals surface area contributed by atoms with Gasteiger partial charge >= 0.3 is 0 Å². The quantitative estimate of drug-likeness (QED) is 0.544. The first-order valence-corrected chi connectivity index (χ1v) is 4.99. The lowest BCUT2D eigenvalue weighted by molar-refractivity contribution is 0.568. The number of nitrogens with zero attached hydrogens (tertiary/aromatic N) is 1. The molecule has 0 saturated carbocycles. The van der Waals surface area contributed by atoms with Crippen molar-refractivity contribution in [2.45, 2.75) is 32.1 Å². The highest BCUT2D eigenvalue weighted by Gasteiger charge is 1.95. The predicted octanol–water partition coefficient (Wildman–Crippen LogP) is 1.71. The van der Waals surface area contributed by atoms with Crippen molar-refractivity contribution in [3.63, 3.8) is 0 Å². The molecule has 1 N–H and O–H groups in total. The molecule has 0 aromatic heterocycles. The summed E-state index contributed by atoms with van der Waals surface area (Å²) < 4.78 is 0. The second kappa shape index (κ2) is 6.01. The van der Waals surface area contributed by atoms with Crippen LogP contribution in [0.1, 0.15) is 32.1 Å². The van der Waals surface area contributed by atoms with Crippen molar-refractivity contribution in [3.8, 4) is 0 Å². The molecule has 0 spiro atoms. The van der Waals surface area contributed by atoms with E-state index < -0.39 is 0 Å². The Balaban J connectivity index is 2.00. The molecule has 1 heterocycles. The zero-order valence-corrected chi connectivity index (χ0v) is 7.12. The lowest BCUT2D eigenvalue weighted by Gasteiger charge is -2.06. The van der Waals surface area contributed by atoms with Crippen LogP contribution in [-0.4, -0.2) is 12.3 Å². The van der Waals surface area contributed by atoms with Crippen molar-refractivity contribution in [1.29, 1.82) is 0 Å². The molecule has 1 fully saturated rings. The number of nitrogens with one attached hydrogen (secondary N) is 1. The topological polar surface area (TPSA) is 26.1 Å². The molecule has 1 radical (unpaired) electrons. The lowest BCUT2D eigenvalue weighted by atomic mass is 10.1. The molecular formula is C7H15N2S. The van der Waals surface area contributed by atoms with Gasteiger partial charge in [0.1, 0.15) is 0 Å². The molecular weight excluding hydrogens is 144 g/mol. The maximum absolute atomic E-state index is 4.10. The lowest BCUT2D eigenvalue weighted by Crippen LogP contribution is -2.21. The fourth-order valence-corrected chi connectivity index (χ4v) is 1.65. The number of rotatable bonds is 0. The average molecular weight is 159 g/mol. The summed E-state index contributed by atoms with van der Waals surface area (Å²) in [5.74, 6) is 1.19. The smallest absolute Gasteiger partial charge is 0.0126 e. The average Bonchev–Trinajstić information content (AvgIpc) is 2.01. The molecule has 2 nitrogen and oxygen atoms in total. The van der Waals surface area contributed by atoms with Gasteiger partial charge in [0.05, 0.1) is 0 Å². The van der Waals surface area contributed by atoms with Gasteiger partial charge in [0.25, 0.3) is 0 Å². The molecule has 1 aliphatic heterocycles. The van der Waals surface area contributed by atoms with Crippen LogP contribution in [0.3, 0.4) is 0 Å². The van der Waals surface area contributed by atoms with Gasteiger partial charge in [0, 0.05) is 12.3 Å². The molecule has 1 saturated heterocycles. The molecule has 59 valence electrons. The highest BCUT2D eigenvalue weighted by molar-refractivity contribution is 7.97. The van der Waals surface area contributed by atoms with Crippen LogP contribution >= 0.6 is 11.9 Å². The van der Waals surface area contributed by atoms with Gasteiger partial charge in [-0.25, -0.2) is 5.43 Å². The van der Waals surface area contributed by atoms with E-state index in [1.165, 1.54) is 37.9 Å². The second-order valence-corrected chi connectivity index (χ2v) is 3.45. The van der Waals surface area contributed by atoms with Gasteiger partial charge < -0.3 is 0 Å². The van der Waals surface area contributed by atoms with Crippen LogP contribution in [-0.2, 0) is 0 Å². The Bertz CT molecular complexity index is 44.8. The van der Waals surface area contributed by atoms with Crippen LogP contribution in [0.4, 0.5) is 0 Å². The van der Waals surface area contributed by atoms with Gasteiger partial charge in [-0.1, -0.05) is 24.1 Å². The van der Waals surface area contributed by atoms with Gasteiger partial charge in [-0.15, -0.1) is 0 Å². The molecule has 10 heavy (non-hydrogen) atoms. The van der Waals surface area contributed by atoms with Crippen LogP contribution in [0.15, 0.2) is 0 Å². The van der Waals surface area contributed by atoms with Crippen molar-refractivity contribution < 1.29 is 0 Å². The summed E-state index contributed by atoms with van der Waals surface area (Å²) in [4.78, 5) is 4.10. The van der Waals surface area contributed by atoms with Crippen molar-refractivity contribution in [2.75, 3.05) is 12.3 Å². The van der Waals surface area contributed by atoms with E-state index in [9.17, 15) is 0 Å². The second-order valence-electron chi connectivity index (χ2n) is 2.60. The third-order valence-corrected chi connectivity index (χ3v) is 2.38. The van der Waals surface area contributed by atoms with E-state index in [0.717, 1.165) is 6.54 Å². The van der Waals surface area contributed by atoms with Gasteiger partial charge in [-0.2, -0.15) is 0 Å². The highest BCUT2D eigenvalue weighted by Crippen LogP contribution is 2.07. The van der Waals surface area contributed by atoms with Crippen molar-refractivity contribution in [3.05, 3.63) is 0 Å². The molecule has 0 aromatic rings. The summed E-state index contributed by atoms with van der Waals surface area (Å²) in [6.07, 6.45) is 6.78. The maximum atomic E-state index is 4.10. The Morgan fingerprint density at radius 1 is 1.00 bits per heavy atom. The van der Waals surface area contributed by atoms with E-state index in [2.05, 4.69) is 10.3 Å². The highest BCUT2D eigenvalue weighted by atomic mass is 32.2. The van der Waals surface area contributed by atoms with E-state index >= 15 is 0 Å². The van der Waals surface area contributed by atoms with Crippen molar-refractivity contribution >= 4 is 11.9 Å². The zero-order chi connectivity index (χ0) is 7.07. The van der Waals surface area contributed by atoms with Gasteiger partial charge in [-0.05, 0) is 24.8 Å². The van der Waals surface area contributed by atoms with Crippen LogP contribution < -0.4 is 10.3 Å². The standard InChI is InChI=1S/C7H15N2S/c1-2-4-6-8-9-10-7-5-3-1/h8H,1-7H2. The fraction of sp³-hybridized carbons (Fsp3) is 1.00. The summed E-state index contributed by atoms with van der Waals surface area (Å²) in [6, 6.07) is 0. The first-order chi connectivity index (χ1) is 5.00. The van der Waals surface area contributed by atoms with E-state index in [1.54, 1.807) is 11.9 Å². The summed E-state index contributed by atoms with van der Waals surface area (Å²) >= 11 is 1.67.